The molecule has 0 aromatic rings. The van der Waals surface area contributed by atoms with Gasteiger partial charge < -0.3 is 19.1 Å². The summed E-state index contributed by atoms with van der Waals surface area (Å²) < 4.78 is 14.7. The van der Waals surface area contributed by atoms with Gasteiger partial charge in [0.25, 0.3) is 0 Å². The minimum absolute atomic E-state index is 0.0178. The van der Waals surface area contributed by atoms with Crippen LogP contribution in [-0.4, -0.2) is 63.9 Å². The number of hydrogen-bond acceptors (Lipinski definition) is 5. The van der Waals surface area contributed by atoms with Crippen LogP contribution in [-0.2, 0) is 23.8 Å². The molecule has 1 unspecified atom stereocenters. The molecule has 1 amide bonds. The molecule has 0 radical (unpaired) electrons. The fourth-order valence-corrected chi connectivity index (χ4v) is 1.73. The van der Waals surface area contributed by atoms with Crippen LogP contribution in [0.25, 0.3) is 0 Å². The Bertz CT molecular complexity index is 269. The molecule has 1 saturated heterocycles. The van der Waals surface area contributed by atoms with E-state index in [-0.39, 0.29) is 24.2 Å². The summed E-state index contributed by atoms with van der Waals surface area (Å²) in [6.45, 7) is 2.45. The predicted octanol–water partition coefficient (Wildman–Crippen LogP) is -0.329. The lowest BCUT2D eigenvalue weighted by Gasteiger charge is -2.15. The first-order chi connectivity index (χ1) is 8.19. The third kappa shape index (κ3) is 4.32. The topological polar surface area (TPSA) is 65.1 Å². The van der Waals surface area contributed by atoms with Gasteiger partial charge in [0, 0.05) is 26.6 Å². The highest BCUT2D eigenvalue weighted by atomic mass is 16.5. The molecule has 6 heteroatoms. The van der Waals surface area contributed by atoms with Gasteiger partial charge >= 0.3 is 5.97 Å². The van der Waals surface area contributed by atoms with Crippen molar-refractivity contribution in [3.8, 4) is 0 Å². The summed E-state index contributed by atoms with van der Waals surface area (Å²) in [5, 5.41) is 0. The molecule has 0 aliphatic carbocycles. The fraction of sp³-hybridized carbons (Fsp3) is 0.818. The molecule has 0 aromatic heterocycles. The Morgan fingerprint density at radius 1 is 1.35 bits per heavy atom. The summed E-state index contributed by atoms with van der Waals surface area (Å²) in [5.41, 5.74) is 0. The van der Waals surface area contributed by atoms with E-state index in [0.29, 0.717) is 32.9 Å². The molecule has 98 valence electrons. The minimum atomic E-state index is -0.327. The van der Waals surface area contributed by atoms with E-state index in [4.69, 9.17) is 9.47 Å². The maximum Gasteiger partial charge on any atom is 0.310 e. The summed E-state index contributed by atoms with van der Waals surface area (Å²) >= 11 is 0. The second-order valence-corrected chi connectivity index (χ2v) is 3.87. The van der Waals surface area contributed by atoms with Crippen molar-refractivity contribution < 1.29 is 23.8 Å². The van der Waals surface area contributed by atoms with Crippen LogP contribution in [0.4, 0.5) is 0 Å². The van der Waals surface area contributed by atoms with E-state index in [1.807, 2.05) is 0 Å². The van der Waals surface area contributed by atoms with E-state index < -0.39 is 0 Å². The Labute approximate surface area is 101 Å². The quantitative estimate of drug-likeness (QED) is 0.454. The van der Waals surface area contributed by atoms with E-state index in [1.54, 1.807) is 12.0 Å². The molecular formula is C11H19NO5. The SMILES string of the molecule is COCCOCCN1CC(C(=O)OC)CC1=O. The van der Waals surface area contributed by atoms with Crippen molar-refractivity contribution >= 4 is 11.9 Å². The van der Waals surface area contributed by atoms with Crippen LogP contribution in [0.15, 0.2) is 0 Å². The maximum absolute atomic E-state index is 11.6. The Morgan fingerprint density at radius 2 is 2.12 bits per heavy atom. The van der Waals surface area contributed by atoms with E-state index in [0.717, 1.165) is 0 Å². The zero-order valence-electron chi connectivity index (χ0n) is 10.3. The molecule has 0 saturated carbocycles. The number of rotatable bonds is 7. The molecule has 1 atom stereocenters. The average molecular weight is 245 g/mol. The Hall–Kier alpha value is -1.14. The van der Waals surface area contributed by atoms with Crippen molar-refractivity contribution in [3.63, 3.8) is 0 Å². The van der Waals surface area contributed by atoms with Gasteiger partial charge in [0.05, 0.1) is 32.8 Å². The van der Waals surface area contributed by atoms with Crippen LogP contribution >= 0.6 is 0 Å². The van der Waals surface area contributed by atoms with Crippen molar-refractivity contribution in [3.05, 3.63) is 0 Å². The number of hydrogen-bond donors (Lipinski definition) is 0. The van der Waals surface area contributed by atoms with Crippen LogP contribution < -0.4 is 0 Å². The third-order valence-corrected chi connectivity index (χ3v) is 2.69. The lowest BCUT2D eigenvalue weighted by Crippen LogP contribution is -2.30. The smallest absolute Gasteiger partial charge is 0.310 e. The normalized spacial score (nSPS) is 19.8. The number of carbonyl (C=O) groups excluding carboxylic acids is 2. The standard InChI is InChI=1S/C11H19NO5/c1-15-5-6-17-4-3-12-8-9(7-10(12)13)11(14)16-2/h9H,3-8H2,1-2H3. The molecular weight excluding hydrogens is 226 g/mol. The highest BCUT2D eigenvalue weighted by molar-refractivity contribution is 5.86. The van der Waals surface area contributed by atoms with Crippen molar-refractivity contribution in [2.75, 3.05) is 47.1 Å². The van der Waals surface area contributed by atoms with Crippen LogP contribution in [0.1, 0.15) is 6.42 Å². The molecule has 17 heavy (non-hydrogen) atoms. The van der Waals surface area contributed by atoms with E-state index in [9.17, 15) is 9.59 Å². The molecule has 6 nitrogen and oxygen atoms in total. The number of likely N-dealkylation sites (tertiary alicyclic amines) is 1. The highest BCUT2D eigenvalue weighted by Gasteiger charge is 2.34. The molecule has 0 aromatic carbocycles. The highest BCUT2D eigenvalue weighted by Crippen LogP contribution is 2.18. The predicted molar refractivity (Wildman–Crippen MR) is 59.4 cm³/mol. The van der Waals surface area contributed by atoms with E-state index in [1.165, 1.54) is 7.11 Å². The van der Waals surface area contributed by atoms with Gasteiger partial charge in [-0.25, -0.2) is 0 Å². The first kappa shape index (κ1) is 13.9. The van der Waals surface area contributed by atoms with Gasteiger partial charge in [-0.15, -0.1) is 0 Å². The monoisotopic (exact) mass is 245 g/mol. The zero-order chi connectivity index (χ0) is 12.7. The summed E-state index contributed by atoms with van der Waals surface area (Å²) in [6, 6.07) is 0. The number of esters is 1. The second kappa shape index (κ2) is 7.24. The summed E-state index contributed by atoms with van der Waals surface area (Å²) in [6.07, 6.45) is 0.241. The average Bonchev–Trinajstić information content (AvgIpc) is 2.70. The lowest BCUT2D eigenvalue weighted by atomic mass is 10.1. The third-order valence-electron chi connectivity index (χ3n) is 2.69. The minimum Gasteiger partial charge on any atom is -0.469 e. The Kier molecular flexibility index (Phi) is 5.93. The lowest BCUT2D eigenvalue weighted by molar-refractivity contribution is -0.145. The number of amides is 1. The number of methoxy groups -OCH3 is 2. The second-order valence-electron chi connectivity index (χ2n) is 3.87. The van der Waals surface area contributed by atoms with Crippen molar-refractivity contribution in [2.24, 2.45) is 5.92 Å². The van der Waals surface area contributed by atoms with Crippen molar-refractivity contribution in [2.45, 2.75) is 6.42 Å². The van der Waals surface area contributed by atoms with Crippen LogP contribution in [0.3, 0.4) is 0 Å². The fourth-order valence-electron chi connectivity index (χ4n) is 1.73. The molecule has 0 N–H and O–H groups in total. The summed E-state index contributed by atoms with van der Waals surface area (Å²) in [5.74, 6) is -0.664. The molecule has 0 spiro atoms. The van der Waals surface area contributed by atoms with Crippen LogP contribution in [0.2, 0.25) is 0 Å². The summed E-state index contributed by atoms with van der Waals surface area (Å²) in [7, 11) is 2.94. The molecule has 1 aliphatic rings. The van der Waals surface area contributed by atoms with E-state index in [2.05, 4.69) is 4.74 Å². The van der Waals surface area contributed by atoms with Gasteiger partial charge in [0.15, 0.2) is 0 Å². The Balaban J connectivity index is 2.21. The molecule has 0 bridgehead atoms. The van der Waals surface area contributed by atoms with Crippen LogP contribution in [0.5, 0.6) is 0 Å². The van der Waals surface area contributed by atoms with Gasteiger partial charge in [0.1, 0.15) is 0 Å². The van der Waals surface area contributed by atoms with Crippen LogP contribution in [0, 0.1) is 5.92 Å². The van der Waals surface area contributed by atoms with Gasteiger partial charge in [0.2, 0.25) is 5.91 Å². The molecule has 1 heterocycles. The first-order valence-corrected chi connectivity index (χ1v) is 5.61. The zero-order valence-corrected chi connectivity index (χ0v) is 10.3. The first-order valence-electron chi connectivity index (χ1n) is 5.61. The van der Waals surface area contributed by atoms with Gasteiger partial charge in [-0.1, -0.05) is 0 Å². The van der Waals surface area contributed by atoms with Gasteiger partial charge in [-0.3, -0.25) is 9.59 Å². The van der Waals surface area contributed by atoms with Crippen molar-refractivity contribution in [1.82, 2.24) is 4.90 Å². The number of carbonyl (C=O) groups is 2. The molecule has 1 aliphatic heterocycles. The van der Waals surface area contributed by atoms with Gasteiger partial charge in [-0.2, -0.15) is 0 Å². The Morgan fingerprint density at radius 3 is 2.76 bits per heavy atom. The van der Waals surface area contributed by atoms with Crippen molar-refractivity contribution in [1.29, 1.82) is 0 Å². The van der Waals surface area contributed by atoms with E-state index >= 15 is 0 Å². The molecule has 1 rings (SSSR count). The maximum atomic E-state index is 11.6. The number of ether oxygens (including phenoxy) is 3. The largest absolute Gasteiger partial charge is 0.469 e. The number of nitrogens with zero attached hydrogens (tertiary/aromatic N) is 1. The summed E-state index contributed by atoms with van der Waals surface area (Å²) in [4.78, 5) is 24.5. The van der Waals surface area contributed by atoms with Gasteiger partial charge in [-0.05, 0) is 0 Å². The molecule has 1 fully saturated rings.